The van der Waals surface area contributed by atoms with Crippen LogP contribution in [-0.4, -0.2) is 14.8 Å². The van der Waals surface area contributed by atoms with E-state index in [4.69, 9.17) is 5.73 Å². The topological polar surface area (TPSA) is 56.7 Å². The molecule has 1 aromatic heterocycles. The minimum Gasteiger partial charge on any atom is -0.324 e. The van der Waals surface area contributed by atoms with Crippen molar-refractivity contribution in [2.24, 2.45) is 5.73 Å². The Morgan fingerprint density at radius 1 is 0.905 bits per heavy atom. The van der Waals surface area contributed by atoms with E-state index in [0.29, 0.717) is 6.54 Å². The molecule has 3 aromatic rings. The summed E-state index contributed by atoms with van der Waals surface area (Å²) in [5, 5.41) is 8.53. The summed E-state index contributed by atoms with van der Waals surface area (Å²) in [5.74, 6) is 1.69. The normalized spacial score (nSPS) is 10.8. The summed E-state index contributed by atoms with van der Waals surface area (Å²) in [6.07, 6.45) is 0.738. The van der Waals surface area contributed by atoms with Crippen molar-refractivity contribution in [1.82, 2.24) is 14.8 Å². The number of nitrogens with zero attached hydrogens (tertiary/aromatic N) is 3. The predicted octanol–water partition coefficient (Wildman–Crippen LogP) is 2.63. The number of rotatable bonds is 4. The number of benzene rings is 2. The molecule has 0 aliphatic carbocycles. The van der Waals surface area contributed by atoms with Crippen molar-refractivity contribution in [3.8, 4) is 5.69 Å². The van der Waals surface area contributed by atoms with Gasteiger partial charge in [-0.3, -0.25) is 4.57 Å². The minimum atomic E-state index is 0.371. The van der Waals surface area contributed by atoms with E-state index in [0.717, 1.165) is 23.8 Å². The fourth-order valence-electron chi connectivity index (χ4n) is 2.36. The zero-order valence-corrected chi connectivity index (χ0v) is 12.0. The lowest BCUT2D eigenvalue weighted by molar-refractivity contribution is 0.838. The van der Waals surface area contributed by atoms with Crippen molar-refractivity contribution >= 4 is 0 Å². The molecule has 106 valence electrons. The summed E-state index contributed by atoms with van der Waals surface area (Å²) in [6.45, 7) is 2.46. The molecule has 0 spiro atoms. The molecule has 2 aromatic carbocycles. The summed E-state index contributed by atoms with van der Waals surface area (Å²) in [4.78, 5) is 0. The van der Waals surface area contributed by atoms with Gasteiger partial charge in [-0.25, -0.2) is 0 Å². The van der Waals surface area contributed by atoms with E-state index in [1.807, 2.05) is 34.9 Å². The number of aromatic nitrogens is 3. The summed E-state index contributed by atoms with van der Waals surface area (Å²) in [5.41, 5.74) is 9.31. The van der Waals surface area contributed by atoms with E-state index in [9.17, 15) is 0 Å². The van der Waals surface area contributed by atoms with Crippen molar-refractivity contribution in [3.05, 3.63) is 77.4 Å². The van der Waals surface area contributed by atoms with Gasteiger partial charge in [0.15, 0.2) is 5.82 Å². The molecule has 4 heteroatoms. The van der Waals surface area contributed by atoms with Crippen LogP contribution >= 0.6 is 0 Å². The van der Waals surface area contributed by atoms with Crippen LogP contribution in [0, 0.1) is 6.92 Å². The van der Waals surface area contributed by atoms with Gasteiger partial charge in [0.25, 0.3) is 0 Å². The summed E-state index contributed by atoms with van der Waals surface area (Å²) >= 11 is 0. The van der Waals surface area contributed by atoms with Crippen LogP contribution in [0.1, 0.15) is 22.8 Å². The Bertz CT molecular complexity index is 714. The maximum Gasteiger partial charge on any atom is 0.151 e. The first-order valence-corrected chi connectivity index (χ1v) is 7.02. The van der Waals surface area contributed by atoms with E-state index in [-0.39, 0.29) is 0 Å². The average molecular weight is 278 g/mol. The molecule has 0 atom stereocenters. The number of para-hydroxylation sites is 1. The van der Waals surface area contributed by atoms with Crippen molar-refractivity contribution in [3.63, 3.8) is 0 Å². The molecular weight excluding hydrogens is 260 g/mol. The maximum absolute atomic E-state index is 5.79. The zero-order chi connectivity index (χ0) is 14.7. The zero-order valence-electron chi connectivity index (χ0n) is 12.0. The largest absolute Gasteiger partial charge is 0.324 e. The molecule has 0 aliphatic heterocycles. The van der Waals surface area contributed by atoms with Crippen LogP contribution in [0.25, 0.3) is 5.69 Å². The molecule has 3 rings (SSSR count). The number of nitrogens with two attached hydrogens (primary N) is 1. The van der Waals surface area contributed by atoms with Crippen LogP contribution in [0.2, 0.25) is 0 Å². The Morgan fingerprint density at radius 2 is 1.57 bits per heavy atom. The van der Waals surface area contributed by atoms with E-state index >= 15 is 0 Å². The molecule has 0 unspecified atom stereocenters. The highest BCUT2D eigenvalue weighted by Gasteiger charge is 2.12. The molecule has 0 saturated heterocycles. The molecule has 4 nitrogen and oxygen atoms in total. The van der Waals surface area contributed by atoms with Crippen LogP contribution < -0.4 is 5.73 Å². The second-order valence-corrected chi connectivity index (χ2v) is 5.07. The molecule has 0 aliphatic rings. The molecule has 0 fully saturated rings. The first-order chi connectivity index (χ1) is 10.3. The second kappa shape index (κ2) is 5.89. The molecule has 0 saturated carbocycles. The Labute approximate surface area is 124 Å². The van der Waals surface area contributed by atoms with Crippen LogP contribution in [0.15, 0.2) is 54.6 Å². The lowest BCUT2D eigenvalue weighted by Gasteiger charge is -2.09. The smallest absolute Gasteiger partial charge is 0.151 e. The van der Waals surface area contributed by atoms with E-state index in [1.54, 1.807) is 0 Å². The van der Waals surface area contributed by atoms with Gasteiger partial charge < -0.3 is 5.73 Å². The summed E-state index contributed by atoms with van der Waals surface area (Å²) in [7, 11) is 0. The van der Waals surface area contributed by atoms with Crippen molar-refractivity contribution in [2.45, 2.75) is 19.9 Å². The van der Waals surface area contributed by atoms with Gasteiger partial charge >= 0.3 is 0 Å². The number of aryl methyl sites for hydroxylation is 1. The maximum atomic E-state index is 5.79. The molecule has 1 heterocycles. The quantitative estimate of drug-likeness (QED) is 0.798. The van der Waals surface area contributed by atoms with E-state index in [2.05, 4.69) is 41.4 Å². The minimum absolute atomic E-state index is 0.371. The Hall–Kier alpha value is -2.46. The summed E-state index contributed by atoms with van der Waals surface area (Å²) in [6, 6.07) is 18.6. The van der Waals surface area contributed by atoms with Gasteiger partial charge in [0.2, 0.25) is 0 Å². The lowest BCUT2D eigenvalue weighted by atomic mass is 10.1. The second-order valence-electron chi connectivity index (χ2n) is 5.07. The van der Waals surface area contributed by atoms with E-state index < -0.39 is 0 Å². The lowest BCUT2D eigenvalue weighted by Crippen LogP contribution is -2.09. The highest BCUT2D eigenvalue weighted by molar-refractivity contribution is 5.35. The average Bonchev–Trinajstić information content (AvgIpc) is 2.93. The Morgan fingerprint density at radius 3 is 2.24 bits per heavy atom. The van der Waals surface area contributed by atoms with Crippen LogP contribution in [-0.2, 0) is 13.0 Å². The number of hydrogen-bond donors (Lipinski definition) is 1. The van der Waals surface area contributed by atoms with Gasteiger partial charge in [-0.05, 0) is 24.6 Å². The SMILES string of the molecule is Cc1ccc(Cc2nnc(CN)n2-c2ccccc2)cc1. The van der Waals surface area contributed by atoms with Gasteiger partial charge in [0.05, 0.1) is 6.54 Å². The first kappa shape index (κ1) is 13.5. The van der Waals surface area contributed by atoms with E-state index in [1.165, 1.54) is 11.1 Å². The van der Waals surface area contributed by atoms with Crippen LogP contribution in [0.5, 0.6) is 0 Å². The monoisotopic (exact) mass is 278 g/mol. The highest BCUT2D eigenvalue weighted by Crippen LogP contribution is 2.16. The van der Waals surface area contributed by atoms with Gasteiger partial charge in [0, 0.05) is 12.1 Å². The first-order valence-electron chi connectivity index (χ1n) is 7.02. The Kier molecular flexibility index (Phi) is 3.79. The van der Waals surface area contributed by atoms with Gasteiger partial charge in [-0.1, -0.05) is 48.0 Å². The fourth-order valence-corrected chi connectivity index (χ4v) is 2.36. The van der Waals surface area contributed by atoms with Crippen LogP contribution in [0.4, 0.5) is 0 Å². The molecular formula is C17H18N4. The molecule has 0 amide bonds. The predicted molar refractivity (Wildman–Crippen MR) is 83.2 cm³/mol. The van der Waals surface area contributed by atoms with Crippen molar-refractivity contribution in [1.29, 1.82) is 0 Å². The highest BCUT2D eigenvalue weighted by atomic mass is 15.3. The molecule has 21 heavy (non-hydrogen) atoms. The third-order valence-electron chi connectivity index (χ3n) is 3.48. The van der Waals surface area contributed by atoms with Gasteiger partial charge in [-0.2, -0.15) is 0 Å². The van der Waals surface area contributed by atoms with Crippen molar-refractivity contribution < 1.29 is 0 Å². The third kappa shape index (κ3) is 2.85. The molecule has 0 radical (unpaired) electrons. The number of hydrogen-bond acceptors (Lipinski definition) is 3. The molecule has 2 N–H and O–H groups in total. The van der Waals surface area contributed by atoms with Gasteiger partial charge in [0.1, 0.15) is 5.82 Å². The summed E-state index contributed by atoms with van der Waals surface area (Å²) < 4.78 is 2.04. The van der Waals surface area contributed by atoms with Crippen LogP contribution in [0.3, 0.4) is 0 Å². The Balaban J connectivity index is 1.99. The standard InChI is InChI=1S/C17H18N4/c1-13-7-9-14(10-8-13)11-16-19-20-17(12-18)21(16)15-5-3-2-4-6-15/h2-10H,11-12,18H2,1H3. The van der Waals surface area contributed by atoms with Crippen molar-refractivity contribution in [2.75, 3.05) is 0 Å². The third-order valence-corrected chi connectivity index (χ3v) is 3.48. The van der Waals surface area contributed by atoms with Gasteiger partial charge in [-0.15, -0.1) is 10.2 Å². The fraction of sp³-hybridized carbons (Fsp3) is 0.176. The molecule has 0 bridgehead atoms.